The highest BCUT2D eigenvalue weighted by Gasteiger charge is 2.19. The molecule has 3 rings (SSSR count). The number of methoxy groups -OCH3 is 1. The van der Waals surface area contributed by atoms with Crippen molar-refractivity contribution in [1.82, 2.24) is 4.98 Å². The Morgan fingerprint density at radius 2 is 1.76 bits per heavy atom. The van der Waals surface area contributed by atoms with Crippen LogP contribution in [0.15, 0.2) is 36.4 Å². The maximum atomic E-state index is 12.4. The number of alkyl halides is 1. The van der Waals surface area contributed by atoms with Crippen LogP contribution in [0.4, 0.5) is 20.6 Å². The second-order valence-electron chi connectivity index (χ2n) is 8.24. The normalized spacial score (nSPS) is 13.4. The third kappa shape index (κ3) is 8.53. The molecule has 9 heteroatoms. The summed E-state index contributed by atoms with van der Waals surface area (Å²) in [4.78, 5) is 26.8. The summed E-state index contributed by atoms with van der Waals surface area (Å²) in [5.74, 6) is 0.0466. The molecular formula is C25H34FN3O5. The van der Waals surface area contributed by atoms with Gasteiger partial charge >= 0.3 is 12.0 Å². The van der Waals surface area contributed by atoms with Crippen LogP contribution in [0.1, 0.15) is 57.4 Å². The number of urea groups is 1. The van der Waals surface area contributed by atoms with Crippen molar-refractivity contribution < 1.29 is 28.6 Å². The number of rotatable bonds is 8. The topological polar surface area (TPSA) is 110 Å². The number of ether oxygens (including phenoxy) is 2. The van der Waals surface area contributed by atoms with Gasteiger partial charge in [-0.3, -0.25) is 4.79 Å². The number of nitrogens with one attached hydrogen (secondary N) is 2. The van der Waals surface area contributed by atoms with Crippen molar-refractivity contribution in [3.63, 3.8) is 0 Å². The van der Waals surface area contributed by atoms with E-state index in [1.165, 1.54) is 13.5 Å². The maximum absolute atomic E-state index is 12.4. The summed E-state index contributed by atoms with van der Waals surface area (Å²) in [5, 5.41) is 14.0. The van der Waals surface area contributed by atoms with Gasteiger partial charge in [0, 0.05) is 11.8 Å². The lowest BCUT2D eigenvalue weighted by Crippen LogP contribution is -2.21. The van der Waals surface area contributed by atoms with Crippen LogP contribution in [0, 0.1) is 5.92 Å². The molecule has 0 unspecified atom stereocenters. The van der Waals surface area contributed by atoms with Crippen LogP contribution in [-0.2, 0) is 4.79 Å². The number of halogens is 1. The number of carbonyl (C=O) groups is 2. The second-order valence-corrected chi connectivity index (χ2v) is 8.24. The molecule has 0 bridgehead atoms. The van der Waals surface area contributed by atoms with Gasteiger partial charge in [-0.15, -0.1) is 0 Å². The Kier molecular flexibility index (Phi) is 11.1. The lowest BCUT2D eigenvalue weighted by Gasteiger charge is -2.16. The smallest absolute Gasteiger partial charge is 0.323 e. The molecule has 0 atom stereocenters. The third-order valence-corrected chi connectivity index (χ3v) is 5.39. The first-order valence-corrected chi connectivity index (χ1v) is 11.5. The van der Waals surface area contributed by atoms with Crippen LogP contribution in [0.2, 0.25) is 0 Å². The van der Waals surface area contributed by atoms with Crippen LogP contribution in [0.3, 0.4) is 0 Å². The van der Waals surface area contributed by atoms with Gasteiger partial charge in [0.1, 0.15) is 19.0 Å². The molecule has 3 N–H and O–H groups in total. The predicted octanol–water partition coefficient (Wildman–Crippen LogP) is 5.86. The van der Waals surface area contributed by atoms with Crippen LogP contribution in [0.25, 0.3) is 0 Å². The van der Waals surface area contributed by atoms with Crippen molar-refractivity contribution in [1.29, 1.82) is 0 Å². The van der Waals surface area contributed by atoms with E-state index in [9.17, 15) is 14.0 Å². The first-order chi connectivity index (χ1) is 16.3. The Labute approximate surface area is 199 Å². The fraction of sp³-hybridized carbons (Fsp3) is 0.480. The molecule has 2 aromatic rings. The minimum atomic E-state index is -0.660. The molecule has 8 nitrogen and oxygen atoms in total. The van der Waals surface area contributed by atoms with Crippen molar-refractivity contribution in [2.45, 2.75) is 51.9 Å². The number of para-hydroxylation sites is 1. The fourth-order valence-electron chi connectivity index (χ4n) is 3.62. The number of benzene rings is 1. The van der Waals surface area contributed by atoms with E-state index in [1.807, 2.05) is 24.3 Å². The summed E-state index contributed by atoms with van der Waals surface area (Å²) in [5.41, 5.74) is 2.08. The van der Waals surface area contributed by atoms with E-state index in [1.54, 1.807) is 12.1 Å². The first-order valence-electron chi connectivity index (χ1n) is 11.5. The number of aliphatic carboxylic acids is 1. The molecular weight excluding hydrogens is 441 g/mol. The van der Waals surface area contributed by atoms with Gasteiger partial charge in [0.15, 0.2) is 0 Å². The Morgan fingerprint density at radius 3 is 2.35 bits per heavy atom. The summed E-state index contributed by atoms with van der Waals surface area (Å²) >= 11 is 0. The zero-order valence-corrected chi connectivity index (χ0v) is 20.0. The van der Waals surface area contributed by atoms with Gasteiger partial charge in [-0.25, -0.2) is 9.18 Å². The molecule has 2 amide bonds. The van der Waals surface area contributed by atoms with Crippen LogP contribution >= 0.6 is 0 Å². The molecule has 0 saturated heterocycles. The Bertz CT molecular complexity index is 933. The number of hydrogen-bond acceptors (Lipinski definition) is 5. The maximum Gasteiger partial charge on any atom is 0.323 e. The number of carbonyl (C=O) groups excluding carboxylic acids is 1. The number of amides is 2. The SMILES string of the molecule is COc1ccc(NC(=O)Nc2ccccc2C(C)C)c(OCCF)n1.O=C(O)C1CCCCC1. The van der Waals surface area contributed by atoms with Crippen molar-refractivity contribution in [3.05, 3.63) is 42.0 Å². The fourth-order valence-corrected chi connectivity index (χ4v) is 3.62. The summed E-state index contributed by atoms with van der Waals surface area (Å²) in [7, 11) is 1.46. The molecule has 1 fully saturated rings. The highest BCUT2D eigenvalue weighted by atomic mass is 19.1. The average molecular weight is 476 g/mol. The number of aromatic nitrogens is 1. The van der Waals surface area contributed by atoms with E-state index in [2.05, 4.69) is 29.5 Å². The van der Waals surface area contributed by atoms with Crippen molar-refractivity contribution in [3.8, 4) is 11.8 Å². The number of anilines is 2. The van der Waals surface area contributed by atoms with E-state index in [0.29, 0.717) is 11.6 Å². The Hall–Kier alpha value is -3.36. The quantitative estimate of drug-likeness (QED) is 0.441. The van der Waals surface area contributed by atoms with Gasteiger partial charge in [-0.2, -0.15) is 4.98 Å². The van der Waals surface area contributed by atoms with Crippen molar-refractivity contribution >= 4 is 23.4 Å². The largest absolute Gasteiger partial charge is 0.481 e. The number of pyridine rings is 1. The minimum Gasteiger partial charge on any atom is -0.481 e. The number of carboxylic acid groups (broad SMARTS) is 1. The predicted molar refractivity (Wildman–Crippen MR) is 130 cm³/mol. The third-order valence-electron chi connectivity index (χ3n) is 5.39. The minimum absolute atomic E-state index is 0.0289. The molecule has 1 aliphatic carbocycles. The van der Waals surface area contributed by atoms with E-state index in [4.69, 9.17) is 14.6 Å². The molecule has 34 heavy (non-hydrogen) atoms. The molecule has 1 saturated carbocycles. The summed E-state index contributed by atoms with van der Waals surface area (Å²) in [6.07, 6.45) is 5.24. The molecule has 1 aliphatic rings. The van der Waals surface area contributed by atoms with Crippen LogP contribution in [-0.4, -0.2) is 42.5 Å². The molecule has 0 aliphatic heterocycles. The van der Waals surface area contributed by atoms with E-state index in [0.717, 1.165) is 36.9 Å². The number of hydrogen-bond donors (Lipinski definition) is 3. The van der Waals surface area contributed by atoms with Gasteiger partial charge in [0.2, 0.25) is 11.8 Å². The monoisotopic (exact) mass is 475 g/mol. The van der Waals surface area contributed by atoms with Crippen molar-refractivity contribution in [2.75, 3.05) is 31.0 Å². The van der Waals surface area contributed by atoms with E-state index in [-0.39, 0.29) is 24.3 Å². The molecule has 186 valence electrons. The molecule has 1 aromatic heterocycles. The number of nitrogens with zero attached hydrogens (tertiary/aromatic N) is 1. The second kappa shape index (κ2) is 14.0. The lowest BCUT2D eigenvalue weighted by atomic mass is 9.90. The zero-order chi connectivity index (χ0) is 24.9. The van der Waals surface area contributed by atoms with Gasteiger partial charge in [0.05, 0.1) is 13.0 Å². The molecule has 1 heterocycles. The molecule has 0 spiro atoms. The zero-order valence-electron chi connectivity index (χ0n) is 20.0. The Morgan fingerprint density at radius 1 is 1.09 bits per heavy atom. The van der Waals surface area contributed by atoms with Crippen molar-refractivity contribution in [2.24, 2.45) is 5.92 Å². The summed E-state index contributed by atoms with van der Waals surface area (Å²) in [6, 6.07) is 10.3. The average Bonchev–Trinajstić information content (AvgIpc) is 2.84. The van der Waals surface area contributed by atoms with Gasteiger partial charge < -0.3 is 25.2 Å². The highest BCUT2D eigenvalue weighted by molar-refractivity contribution is 6.01. The molecule has 1 aromatic carbocycles. The van der Waals surface area contributed by atoms with Gasteiger partial charge in [-0.05, 0) is 36.5 Å². The first kappa shape index (κ1) is 26.9. The standard InChI is InChI=1S/C18H22FN3O3.C7H12O2/c1-12(2)13-6-4-5-7-14(13)20-18(23)21-15-8-9-16(24-3)22-17(15)25-11-10-19;8-7(9)6-4-2-1-3-5-6/h4-9,12H,10-11H2,1-3H3,(H2,20,21,23);6H,1-5H2,(H,8,9). The molecule has 0 radical (unpaired) electrons. The Balaban J connectivity index is 0.000000379. The van der Waals surface area contributed by atoms with Gasteiger partial charge in [-0.1, -0.05) is 51.3 Å². The van der Waals surface area contributed by atoms with E-state index < -0.39 is 18.7 Å². The number of carboxylic acids is 1. The lowest BCUT2D eigenvalue weighted by molar-refractivity contribution is -0.142. The summed E-state index contributed by atoms with van der Waals surface area (Å²) < 4.78 is 22.6. The van der Waals surface area contributed by atoms with Crippen LogP contribution in [0.5, 0.6) is 11.8 Å². The van der Waals surface area contributed by atoms with E-state index >= 15 is 0 Å². The van der Waals surface area contributed by atoms with Crippen LogP contribution < -0.4 is 20.1 Å². The van der Waals surface area contributed by atoms with Gasteiger partial charge in [0.25, 0.3) is 0 Å². The highest BCUT2D eigenvalue weighted by Crippen LogP contribution is 2.27. The summed E-state index contributed by atoms with van der Waals surface area (Å²) in [6.45, 7) is 3.28.